The molecule has 5 rings (SSSR count). The van der Waals surface area contributed by atoms with Gasteiger partial charge in [0.2, 0.25) is 0 Å². The van der Waals surface area contributed by atoms with Crippen LogP contribution >= 0.6 is 30.3 Å². The predicted octanol–water partition coefficient (Wildman–Crippen LogP) is 2.07. The Hall–Kier alpha value is -2.03. The fourth-order valence-corrected chi connectivity index (χ4v) is 6.67. The van der Waals surface area contributed by atoms with Gasteiger partial charge in [0.25, 0.3) is 5.56 Å². The van der Waals surface area contributed by atoms with E-state index in [1.165, 1.54) is 16.8 Å². The minimum absolute atomic E-state index is 0.168. The second-order valence-electron chi connectivity index (χ2n) is 9.48. The minimum Gasteiger partial charge on any atom is -0.465 e. The van der Waals surface area contributed by atoms with E-state index in [2.05, 4.69) is 32.7 Å². The molecule has 37 heavy (non-hydrogen) atoms. The molecule has 14 heteroatoms. The highest BCUT2D eigenvalue weighted by Crippen LogP contribution is 2.62. The lowest BCUT2D eigenvalue weighted by molar-refractivity contribution is -0.146. The van der Waals surface area contributed by atoms with Gasteiger partial charge in [0, 0.05) is 21.2 Å². The maximum atomic E-state index is 13.9. The Balaban J connectivity index is 1.36. The molecule has 0 bridgehead atoms. The van der Waals surface area contributed by atoms with E-state index in [1.54, 1.807) is 31.2 Å². The molecule has 12 nitrogen and oxygen atoms in total. The number of hydrogen-bond donors (Lipinski definition) is 3. The number of carbonyl (C=O) groups is 1. The summed E-state index contributed by atoms with van der Waals surface area (Å²) in [7, 11) is -4.16. The molecule has 4 atom stereocenters. The average molecular weight is 647 g/mol. The van der Waals surface area contributed by atoms with Gasteiger partial charge in [-0.2, -0.15) is 5.09 Å². The molecule has 1 aliphatic heterocycles. The number of aromatic nitrogens is 2. The number of carbonyl (C=O) groups excluding carboxylic acids is 1. The van der Waals surface area contributed by atoms with Gasteiger partial charge < -0.3 is 19.1 Å². The summed E-state index contributed by atoms with van der Waals surface area (Å²) in [4.78, 5) is 38.6. The number of benzene rings is 1. The van der Waals surface area contributed by atoms with Crippen LogP contribution in [0.15, 0.2) is 46.1 Å². The Bertz CT molecular complexity index is 1340. The Morgan fingerprint density at radius 1 is 1.24 bits per heavy atom. The average Bonchev–Trinajstić information content (AvgIpc) is 3.77. The highest BCUT2D eigenvalue weighted by Gasteiger charge is 2.65. The molecule has 1 aromatic carbocycles. The fourth-order valence-electron chi connectivity index (χ4n) is 4.57. The number of halogens is 1. The normalized spacial score (nSPS) is 26.4. The largest absolute Gasteiger partial charge is 0.465 e. The molecule has 0 radical (unpaired) electrons. The van der Waals surface area contributed by atoms with Crippen LogP contribution in [0.25, 0.3) is 0 Å². The van der Waals surface area contributed by atoms with Crippen LogP contribution in [0.3, 0.4) is 0 Å². The van der Waals surface area contributed by atoms with Gasteiger partial charge in [0.1, 0.15) is 23.6 Å². The second-order valence-corrected chi connectivity index (χ2v) is 12.4. The van der Waals surface area contributed by atoms with E-state index >= 15 is 0 Å². The van der Waals surface area contributed by atoms with Crippen LogP contribution in [0.4, 0.5) is 0 Å². The number of aliphatic hydroxyl groups excluding tert-OH is 1. The molecular weight excluding hydrogens is 620 g/mol. The number of aliphatic hydroxyl groups is 1. The van der Waals surface area contributed by atoms with E-state index in [-0.39, 0.29) is 19.0 Å². The van der Waals surface area contributed by atoms with Crippen molar-refractivity contribution in [2.45, 2.75) is 56.6 Å². The first-order valence-corrected chi connectivity index (χ1v) is 14.5. The van der Waals surface area contributed by atoms with Crippen LogP contribution in [-0.2, 0) is 23.4 Å². The Labute approximate surface area is 225 Å². The van der Waals surface area contributed by atoms with Gasteiger partial charge >= 0.3 is 19.4 Å². The lowest BCUT2D eigenvalue weighted by Gasteiger charge is -2.26. The smallest absolute Gasteiger partial charge is 0.459 e. The molecule has 3 N–H and O–H groups in total. The number of nitrogens with one attached hydrogen (secondary N) is 2. The third kappa shape index (κ3) is 5.30. The van der Waals surface area contributed by atoms with Gasteiger partial charge in [0.15, 0.2) is 0 Å². The number of aromatic amines is 1. The molecule has 200 valence electrons. The van der Waals surface area contributed by atoms with Crippen molar-refractivity contribution in [3.8, 4) is 5.75 Å². The van der Waals surface area contributed by atoms with E-state index in [1.807, 2.05) is 0 Å². The molecule has 0 amide bonds. The van der Waals surface area contributed by atoms with Crippen LogP contribution in [0.5, 0.6) is 5.75 Å². The quantitative estimate of drug-likeness (QED) is 0.198. The minimum atomic E-state index is -4.16. The van der Waals surface area contributed by atoms with Crippen molar-refractivity contribution in [1.29, 1.82) is 0 Å². The van der Waals surface area contributed by atoms with Crippen molar-refractivity contribution < 1.29 is 33.0 Å². The van der Waals surface area contributed by atoms with Crippen molar-refractivity contribution in [2.24, 2.45) is 5.41 Å². The van der Waals surface area contributed by atoms with Crippen molar-refractivity contribution in [3.63, 3.8) is 0 Å². The number of esters is 1. The summed E-state index contributed by atoms with van der Waals surface area (Å²) in [6, 6.07) is 8.00. The monoisotopic (exact) mass is 647 g/mol. The van der Waals surface area contributed by atoms with Crippen LogP contribution in [0, 0.1) is 8.99 Å². The van der Waals surface area contributed by atoms with Gasteiger partial charge in [-0.05, 0) is 79.5 Å². The zero-order valence-electron chi connectivity index (χ0n) is 19.9. The Morgan fingerprint density at radius 2 is 1.95 bits per heavy atom. The topological polar surface area (TPSA) is 158 Å². The van der Waals surface area contributed by atoms with E-state index in [4.69, 9.17) is 18.5 Å². The summed E-state index contributed by atoms with van der Waals surface area (Å²) in [5.74, 6) is -0.281. The number of hydrogen-bond acceptors (Lipinski definition) is 9. The van der Waals surface area contributed by atoms with Crippen LogP contribution < -0.4 is 20.9 Å². The number of rotatable bonds is 10. The van der Waals surface area contributed by atoms with Crippen molar-refractivity contribution in [2.75, 3.05) is 13.2 Å². The van der Waals surface area contributed by atoms with Gasteiger partial charge in [0.05, 0.1) is 19.3 Å². The standard InChI is InChI=1S/C23H27IN3O9P/c1-2-33-20(30)23(10-11-23)26-37(32,36-15-5-3-14(24)4-6-15)34-13-16-18(29)22(8-9-22)19(35-16)27-12-7-17(28)25-21(27)31/h3-7,12,16,18-19,29H,2,8-11,13H2,1H3,(H,26,32)(H,25,28,31)/t16-,18-,19-,37?/m1/s1. The zero-order valence-corrected chi connectivity index (χ0v) is 23.0. The summed E-state index contributed by atoms with van der Waals surface area (Å²) in [6.45, 7) is 1.51. The van der Waals surface area contributed by atoms with Crippen LogP contribution in [0.1, 0.15) is 38.8 Å². The maximum absolute atomic E-state index is 13.9. The fraction of sp³-hybridized carbons (Fsp3) is 0.522. The maximum Gasteiger partial charge on any atom is 0.459 e. The van der Waals surface area contributed by atoms with Crippen LogP contribution in [-0.4, -0.2) is 51.6 Å². The lowest BCUT2D eigenvalue weighted by atomic mass is 9.96. The van der Waals surface area contributed by atoms with Gasteiger partial charge in [-0.3, -0.25) is 23.7 Å². The van der Waals surface area contributed by atoms with Gasteiger partial charge in [-0.25, -0.2) is 9.36 Å². The number of ether oxygens (including phenoxy) is 2. The zero-order chi connectivity index (χ0) is 26.4. The highest BCUT2D eigenvalue weighted by molar-refractivity contribution is 14.1. The summed E-state index contributed by atoms with van der Waals surface area (Å²) >= 11 is 2.13. The van der Waals surface area contributed by atoms with Gasteiger partial charge in [-0.1, -0.05) is 0 Å². The summed E-state index contributed by atoms with van der Waals surface area (Å²) in [6.07, 6.45) is 0.520. The summed E-state index contributed by atoms with van der Waals surface area (Å²) in [5, 5.41) is 13.8. The highest BCUT2D eigenvalue weighted by atomic mass is 127. The third-order valence-electron chi connectivity index (χ3n) is 6.88. The van der Waals surface area contributed by atoms with Gasteiger partial charge in [-0.15, -0.1) is 0 Å². The SMILES string of the molecule is CCOC(=O)C1(NP(=O)(OC[C@H]2O[C@@H](n3ccc(=O)[nH]c3=O)C3(CC3)[C@@H]2O)Oc2ccc(I)cc2)CC1. The molecule has 1 saturated heterocycles. The molecule has 2 aliphatic carbocycles. The molecule has 1 spiro atoms. The first kappa shape index (κ1) is 26.6. The molecule has 2 aromatic rings. The first-order chi connectivity index (χ1) is 17.6. The number of H-pyrrole nitrogens is 1. The number of nitrogens with zero attached hydrogens (tertiary/aromatic N) is 1. The molecule has 3 aliphatic rings. The molecule has 2 saturated carbocycles. The van der Waals surface area contributed by atoms with Crippen molar-refractivity contribution in [3.05, 3.63) is 60.9 Å². The Kier molecular flexibility index (Phi) is 7.13. The second kappa shape index (κ2) is 9.93. The third-order valence-corrected chi connectivity index (χ3v) is 9.24. The molecule has 1 unspecified atom stereocenters. The van der Waals surface area contributed by atoms with E-state index in [0.717, 1.165) is 3.57 Å². The van der Waals surface area contributed by atoms with Crippen LogP contribution in [0.2, 0.25) is 0 Å². The van der Waals surface area contributed by atoms with Crippen molar-refractivity contribution in [1.82, 2.24) is 14.6 Å². The predicted molar refractivity (Wildman–Crippen MR) is 138 cm³/mol. The van der Waals surface area contributed by atoms with E-state index in [9.17, 15) is 24.1 Å². The molecular formula is C23H27IN3O9P. The lowest BCUT2D eigenvalue weighted by Crippen LogP contribution is -2.41. The Morgan fingerprint density at radius 3 is 2.54 bits per heavy atom. The van der Waals surface area contributed by atoms with E-state index < -0.39 is 54.4 Å². The van der Waals surface area contributed by atoms with Crippen molar-refractivity contribution >= 4 is 36.3 Å². The summed E-state index contributed by atoms with van der Waals surface area (Å²) < 4.78 is 38.8. The molecule has 2 heterocycles. The van der Waals surface area contributed by atoms with E-state index in [0.29, 0.717) is 25.7 Å². The molecule has 1 aromatic heterocycles. The molecule has 3 fully saturated rings. The first-order valence-electron chi connectivity index (χ1n) is 11.9. The summed E-state index contributed by atoms with van der Waals surface area (Å²) in [5.41, 5.74) is -3.11.